The molecule has 0 aliphatic carbocycles. The van der Waals surface area contributed by atoms with Gasteiger partial charge in [-0.1, -0.05) is 18.2 Å². The van der Waals surface area contributed by atoms with Crippen LogP contribution in [0.3, 0.4) is 0 Å². The lowest BCUT2D eigenvalue weighted by atomic mass is 10.1. The van der Waals surface area contributed by atoms with Crippen molar-refractivity contribution in [2.45, 2.75) is 0 Å². The van der Waals surface area contributed by atoms with Crippen molar-refractivity contribution in [1.82, 2.24) is 0 Å². The van der Waals surface area contributed by atoms with Crippen LogP contribution in [0.1, 0.15) is 10.4 Å². The summed E-state index contributed by atoms with van der Waals surface area (Å²) in [7, 11) is 0. The Bertz CT molecular complexity index is 697. The predicted molar refractivity (Wildman–Crippen MR) is 70.8 cm³/mol. The first-order valence-electron chi connectivity index (χ1n) is 5.61. The Labute approximate surface area is 108 Å². The molecule has 1 aliphatic rings. The van der Waals surface area contributed by atoms with Crippen molar-refractivity contribution in [2.24, 2.45) is 0 Å². The van der Waals surface area contributed by atoms with Gasteiger partial charge in [-0.3, -0.25) is 14.9 Å². The average molecular weight is 255 g/mol. The second-order valence-corrected chi connectivity index (χ2v) is 4.08. The number of nitro benzene ring substituents is 1. The van der Waals surface area contributed by atoms with Gasteiger partial charge in [-0.15, -0.1) is 0 Å². The molecule has 0 bridgehead atoms. The highest BCUT2D eigenvalue weighted by atomic mass is 16.6. The zero-order valence-corrected chi connectivity index (χ0v) is 9.71. The number of carbonyl (C=O) groups excluding carboxylic acids is 1. The van der Waals surface area contributed by atoms with E-state index in [0.29, 0.717) is 11.4 Å². The van der Waals surface area contributed by atoms with Crippen molar-refractivity contribution in [1.29, 1.82) is 0 Å². The van der Waals surface area contributed by atoms with Crippen LogP contribution in [-0.4, -0.2) is 10.8 Å². The molecule has 2 aromatic rings. The summed E-state index contributed by atoms with van der Waals surface area (Å²) in [4.78, 5) is 22.6. The molecule has 0 fully saturated rings. The van der Waals surface area contributed by atoms with Crippen LogP contribution in [0.4, 0.5) is 22.7 Å². The molecule has 1 aliphatic heterocycles. The van der Waals surface area contributed by atoms with Crippen molar-refractivity contribution < 1.29 is 9.72 Å². The number of nitrogens with one attached hydrogen (secondary N) is 2. The summed E-state index contributed by atoms with van der Waals surface area (Å²) in [5, 5.41) is 16.7. The lowest BCUT2D eigenvalue weighted by Crippen LogP contribution is -2.11. The molecule has 0 radical (unpaired) electrons. The number of rotatable bonds is 1. The van der Waals surface area contributed by atoms with Crippen molar-refractivity contribution in [3.8, 4) is 0 Å². The first-order chi connectivity index (χ1) is 9.16. The standard InChI is InChI=1S/C13H9N3O3/c17-13-8-4-3-7-11(16(18)19)12(8)14-9-5-1-2-6-10(9)15-13/h1-7,14H,(H,15,17). The Balaban J connectivity index is 2.24. The van der Waals surface area contributed by atoms with E-state index in [1.165, 1.54) is 12.1 Å². The minimum atomic E-state index is -0.507. The van der Waals surface area contributed by atoms with Crippen LogP contribution in [-0.2, 0) is 0 Å². The lowest BCUT2D eigenvalue weighted by molar-refractivity contribution is -0.383. The molecule has 3 rings (SSSR count). The Morgan fingerprint density at radius 2 is 1.63 bits per heavy atom. The van der Waals surface area contributed by atoms with Gasteiger partial charge >= 0.3 is 0 Å². The molecule has 6 nitrogen and oxygen atoms in total. The predicted octanol–water partition coefficient (Wildman–Crippen LogP) is 2.90. The normalized spacial score (nSPS) is 12.5. The van der Waals surface area contributed by atoms with E-state index in [2.05, 4.69) is 10.6 Å². The first kappa shape index (κ1) is 11.2. The Kier molecular flexibility index (Phi) is 2.42. The smallest absolute Gasteiger partial charge is 0.293 e. The number of anilines is 3. The van der Waals surface area contributed by atoms with Gasteiger partial charge in [0.25, 0.3) is 11.6 Å². The summed E-state index contributed by atoms with van der Waals surface area (Å²) in [5.41, 5.74) is 1.58. The van der Waals surface area contributed by atoms with Crippen LogP contribution in [0.25, 0.3) is 0 Å². The number of fused-ring (bicyclic) bond motifs is 2. The molecule has 6 heteroatoms. The number of para-hydroxylation sites is 3. The van der Waals surface area contributed by atoms with Crippen LogP contribution in [0.2, 0.25) is 0 Å². The zero-order chi connectivity index (χ0) is 13.4. The van der Waals surface area contributed by atoms with Crippen LogP contribution in [0.5, 0.6) is 0 Å². The number of amides is 1. The third-order valence-corrected chi connectivity index (χ3v) is 2.92. The Morgan fingerprint density at radius 3 is 2.32 bits per heavy atom. The number of nitro groups is 1. The van der Waals surface area contributed by atoms with Crippen molar-refractivity contribution in [3.63, 3.8) is 0 Å². The fourth-order valence-electron chi connectivity index (χ4n) is 2.04. The molecule has 19 heavy (non-hydrogen) atoms. The van der Waals surface area contributed by atoms with Gasteiger partial charge in [0.2, 0.25) is 0 Å². The first-order valence-corrected chi connectivity index (χ1v) is 5.61. The molecule has 0 aromatic heterocycles. The van der Waals surface area contributed by atoms with Gasteiger partial charge in [-0.05, 0) is 18.2 Å². The van der Waals surface area contributed by atoms with Gasteiger partial charge in [0.1, 0.15) is 5.69 Å². The molecule has 94 valence electrons. The third kappa shape index (κ3) is 1.79. The van der Waals surface area contributed by atoms with Gasteiger partial charge in [0, 0.05) is 6.07 Å². The number of hydrogen-bond donors (Lipinski definition) is 2. The average Bonchev–Trinajstić information content (AvgIpc) is 2.54. The topological polar surface area (TPSA) is 84.3 Å². The van der Waals surface area contributed by atoms with E-state index in [9.17, 15) is 14.9 Å². The van der Waals surface area contributed by atoms with E-state index in [4.69, 9.17) is 0 Å². The van der Waals surface area contributed by atoms with Gasteiger partial charge in [0.15, 0.2) is 0 Å². The summed E-state index contributed by atoms with van der Waals surface area (Å²) in [6.45, 7) is 0. The fraction of sp³-hybridized carbons (Fsp3) is 0. The van der Waals surface area contributed by atoms with Gasteiger partial charge in [-0.25, -0.2) is 0 Å². The minimum Gasteiger partial charge on any atom is -0.348 e. The number of carbonyl (C=O) groups is 1. The van der Waals surface area contributed by atoms with Gasteiger partial charge in [0.05, 0.1) is 21.9 Å². The SMILES string of the molecule is O=C1Nc2ccccc2Nc2c1cccc2[N+](=O)[O-]. The molecular formula is C13H9N3O3. The summed E-state index contributed by atoms with van der Waals surface area (Å²) in [6.07, 6.45) is 0. The second kappa shape index (κ2) is 4.09. The maximum atomic E-state index is 12.1. The highest BCUT2D eigenvalue weighted by Crippen LogP contribution is 2.36. The molecule has 0 atom stereocenters. The summed E-state index contributed by atoms with van der Waals surface area (Å²) in [6, 6.07) is 11.5. The molecule has 0 spiro atoms. The molecule has 2 N–H and O–H groups in total. The molecular weight excluding hydrogens is 246 g/mol. The summed E-state index contributed by atoms with van der Waals surface area (Å²) < 4.78 is 0. The minimum absolute atomic E-state index is 0.121. The fourth-order valence-corrected chi connectivity index (χ4v) is 2.04. The molecule has 0 saturated carbocycles. The van der Waals surface area contributed by atoms with Crippen LogP contribution >= 0.6 is 0 Å². The van der Waals surface area contributed by atoms with E-state index in [1.807, 2.05) is 0 Å². The van der Waals surface area contributed by atoms with E-state index in [-0.39, 0.29) is 22.8 Å². The highest BCUT2D eigenvalue weighted by Gasteiger charge is 2.25. The highest BCUT2D eigenvalue weighted by molar-refractivity contribution is 6.13. The summed E-state index contributed by atoms with van der Waals surface area (Å²) >= 11 is 0. The summed E-state index contributed by atoms with van der Waals surface area (Å²) in [5.74, 6) is -0.365. The molecule has 2 aromatic carbocycles. The monoisotopic (exact) mass is 255 g/mol. The molecule has 1 amide bonds. The van der Waals surface area contributed by atoms with Crippen molar-refractivity contribution in [2.75, 3.05) is 10.6 Å². The maximum Gasteiger partial charge on any atom is 0.293 e. The lowest BCUT2D eigenvalue weighted by Gasteiger charge is -2.08. The van der Waals surface area contributed by atoms with E-state index in [1.54, 1.807) is 30.3 Å². The van der Waals surface area contributed by atoms with E-state index in [0.717, 1.165) is 0 Å². The number of nitrogens with zero attached hydrogens (tertiary/aromatic N) is 1. The van der Waals surface area contributed by atoms with Gasteiger partial charge < -0.3 is 10.6 Å². The maximum absolute atomic E-state index is 12.1. The number of benzene rings is 2. The number of hydrogen-bond acceptors (Lipinski definition) is 4. The molecule has 0 saturated heterocycles. The van der Waals surface area contributed by atoms with Crippen LogP contribution < -0.4 is 10.6 Å². The largest absolute Gasteiger partial charge is 0.348 e. The van der Waals surface area contributed by atoms with Crippen LogP contribution in [0, 0.1) is 10.1 Å². The van der Waals surface area contributed by atoms with Crippen molar-refractivity contribution >= 4 is 28.7 Å². The quantitative estimate of drug-likeness (QED) is 0.606. The van der Waals surface area contributed by atoms with Crippen molar-refractivity contribution in [3.05, 3.63) is 58.1 Å². The Morgan fingerprint density at radius 1 is 0.947 bits per heavy atom. The third-order valence-electron chi connectivity index (χ3n) is 2.92. The van der Waals surface area contributed by atoms with Gasteiger partial charge in [-0.2, -0.15) is 0 Å². The zero-order valence-electron chi connectivity index (χ0n) is 9.71. The second-order valence-electron chi connectivity index (χ2n) is 4.08. The molecule has 0 unspecified atom stereocenters. The van der Waals surface area contributed by atoms with Crippen LogP contribution in [0.15, 0.2) is 42.5 Å². The Hall–Kier alpha value is -2.89. The van der Waals surface area contributed by atoms with E-state index >= 15 is 0 Å². The molecule has 1 heterocycles. The van der Waals surface area contributed by atoms with E-state index < -0.39 is 4.92 Å².